The van der Waals surface area contributed by atoms with Crippen LogP contribution in [0.25, 0.3) is 0 Å². The van der Waals surface area contributed by atoms with Gasteiger partial charge in [0.05, 0.1) is 6.61 Å². The maximum Gasteiger partial charge on any atom is 0.250 e. The number of hydrogen-bond donors (Lipinski definition) is 2. The maximum absolute atomic E-state index is 11.7. The van der Waals surface area contributed by atoms with Gasteiger partial charge in [0.15, 0.2) is 0 Å². The van der Waals surface area contributed by atoms with Gasteiger partial charge < -0.3 is 25.0 Å². The lowest BCUT2D eigenvalue weighted by atomic mass is 10.3. The molecule has 0 saturated carbocycles. The number of anilines is 1. The molecule has 0 spiro atoms. The highest BCUT2D eigenvalue weighted by Crippen LogP contribution is 2.15. The lowest BCUT2D eigenvalue weighted by molar-refractivity contribution is -0.128. The molecule has 0 unspecified atom stereocenters. The molecule has 2 N–H and O–H groups in total. The van der Waals surface area contributed by atoms with Crippen LogP contribution in [0, 0.1) is 0 Å². The Balaban J connectivity index is 2.20. The molecular weight excluding hydrogens is 310 g/mol. The van der Waals surface area contributed by atoms with Crippen LogP contribution in [0.5, 0.6) is 5.75 Å². The minimum absolute atomic E-state index is 0.134. The molecular formula is C17H27N3O4. The Morgan fingerprint density at radius 1 is 1.08 bits per heavy atom. The van der Waals surface area contributed by atoms with E-state index in [4.69, 9.17) is 9.47 Å². The number of rotatable bonds is 11. The molecule has 0 bridgehead atoms. The Labute approximate surface area is 143 Å². The summed E-state index contributed by atoms with van der Waals surface area (Å²) in [7, 11) is 3.85. The zero-order valence-corrected chi connectivity index (χ0v) is 14.6. The van der Waals surface area contributed by atoms with Gasteiger partial charge in [0.2, 0.25) is 11.8 Å². The Morgan fingerprint density at radius 2 is 1.75 bits per heavy atom. The van der Waals surface area contributed by atoms with Crippen molar-refractivity contribution in [2.45, 2.75) is 13.3 Å². The highest BCUT2D eigenvalue weighted by atomic mass is 16.5. The molecule has 0 aliphatic rings. The molecule has 1 aromatic carbocycles. The maximum atomic E-state index is 11.7. The van der Waals surface area contributed by atoms with Crippen LogP contribution in [0.2, 0.25) is 0 Å². The van der Waals surface area contributed by atoms with E-state index in [1.165, 1.54) is 0 Å². The van der Waals surface area contributed by atoms with Crippen molar-refractivity contribution in [3.05, 3.63) is 24.3 Å². The number of nitrogens with zero attached hydrogens (tertiary/aromatic N) is 1. The van der Waals surface area contributed by atoms with Crippen LogP contribution < -0.4 is 15.4 Å². The van der Waals surface area contributed by atoms with Crippen molar-refractivity contribution >= 4 is 17.5 Å². The standard InChI is InChI=1S/C17H27N3O4/c1-4-11-24-15-7-5-14(6-8-15)19-17(22)13-23-12-16(21)18-9-10-20(2)3/h5-8H,4,9-13H2,1-3H3,(H,18,21)(H,19,22). The normalized spacial score (nSPS) is 10.5. The average Bonchev–Trinajstić information content (AvgIpc) is 2.54. The average molecular weight is 337 g/mol. The largest absolute Gasteiger partial charge is 0.494 e. The first kappa shape index (κ1) is 19.9. The first-order chi connectivity index (χ1) is 11.5. The van der Waals surface area contributed by atoms with Crippen molar-refractivity contribution in [3.8, 4) is 5.75 Å². The first-order valence-electron chi connectivity index (χ1n) is 8.03. The second-order valence-corrected chi connectivity index (χ2v) is 5.57. The number of ether oxygens (including phenoxy) is 2. The molecule has 0 aliphatic heterocycles. The van der Waals surface area contributed by atoms with Gasteiger partial charge in [0.1, 0.15) is 19.0 Å². The molecule has 0 fully saturated rings. The van der Waals surface area contributed by atoms with E-state index in [0.717, 1.165) is 18.7 Å². The van der Waals surface area contributed by atoms with Crippen molar-refractivity contribution in [1.82, 2.24) is 10.2 Å². The molecule has 7 nitrogen and oxygen atoms in total. The quantitative estimate of drug-likeness (QED) is 0.632. The van der Waals surface area contributed by atoms with Gasteiger partial charge in [0.25, 0.3) is 0 Å². The predicted molar refractivity (Wildman–Crippen MR) is 93.2 cm³/mol. The van der Waals surface area contributed by atoms with Gasteiger partial charge in [-0.3, -0.25) is 9.59 Å². The van der Waals surface area contributed by atoms with Crippen LogP contribution in [-0.4, -0.2) is 63.7 Å². The van der Waals surface area contributed by atoms with Crippen LogP contribution in [-0.2, 0) is 14.3 Å². The second-order valence-electron chi connectivity index (χ2n) is 5.57. The number of nitrogens with one attached hydrogen (secondary N) is 2. The van der Waals surface area contributed by atoms with Gasteiger partial charge in [-0.15, -0.1) is 0 Å². The lowest BCUT2D eigenvalue weighted by Gasteiger charge is -2.10. The minimum atomic E-state index is -0.307. The predicted octanol–water partition coefficient (Wildman–Crippen LogP) is 1.11. The van der Waals surface area contributed by atoms with E-state index in [0.29, 0.717) is 18.8 Å². The number of likely N-dealkylation sites (N-methyl/N-ethyl adjacent to an activating group) is 1. The topological polar surface area (TPSA) is 79.9 Å². The van der Waals surface area contributed by atoms with E-state index in [2.05, 4.69) is 10.6 Å². The fourth-order valence-corrected chi connectivity index (χ4v) is 1.76. The number of carbonyl (C=O) groups is 2. The fourth-order valence-electron chi connectivity index (χ4n) is 1.76. The summed E-state index contributed by atoms with van der Waals surface area (Å²) in [6, 6.07) is 7.11. The molecule has 0 aromatic heterocycles. The Morgan fingerprint density at radius 3 is 2.38 bits per heavy atom. The number of hydrogen-bond acceptors (Lipinski definition) is 5. The molecule has 2 amide bonds. The van der Waals surface area contributed by atoms with Crippen LogP contribution in [0.3, 0.4) is 0 Å². The Hall–Kier alpha value is -2.12. The number of carbonyl (C=O) groups excluding carboxylic acids is 2. The molecule has 0 atom stereocenters. The van der Waals surface area contributed by atoms with Crippen LogP contribution >= 0.6 is 0 Å². The van der Waals surface area contributed by atoms with Gasteiger partial charge in [-0.25, -0.2) is 0 Å². The molecule has 0 aliphatic carbocycles. The number of benzene rings is 1. The number of amides is 2. The second kappa shape index (κ2) is 11.4. The van der Waals surface area contributed by atoms with E-state index >= 15 is 0 Å². The van der Waals surface area contributed by atoms with Crippen LogP contribution in [0.4, 0.5) is 5.69 Å². The minimum Gasteiger partial charge on any atom is -0.494 e. The monoisotopic (exact) mass is 337 g/mol. The molecule has 0 heterocycles. The van der Waals surface area contributed by atoms with Gasteiger partial charge >= 0.3 is 0 Å². The molecule has 24 heavy (non-hydrogen) atoms. The van der Waals surface area contributed by atoms with Crippen LogP contribution in [0.1, 0.15) is 13.3 Å². The van der Waals surface area contributed by atoms with Crippen molar-refractivity contribution in [2.75, 3.05) is 52.3 Å². The first-order valence-corrected chi connectivity index (χ1v) is 8.03. The van der Waals surface area contributed by atoms with Crippen molar-refractivity contribution in [2.24, 2.45) is 0 Å². The third-order valence-corrected chi connectivity index (χ3v) is 2.96. The van der Waals surface area contributed by atoms with Crippen molar-refractivity contribution < 1.29 is 19.1 Å². The van der Waals surface area contributed by atoms with E-state index in [1.54, 1.807) is 24.3 Å². The molecule has 0 saturated heterocycles. The van der Waals surface area contributed by atoms with E-state index < -0.39 is 0 Å². The third kappa shape index (κ3) is 9.12. The Kier molecular flexibility index (Phi) is 9.48. The summed E-state index contributed by atoms with van der Waals surface area (Å²) in [6.45, 7) is 3.70. The molecule has 1 aromatic rings. The van der Waals surface area contributed by atoms with E-state index in [-0.39, 0.29) is 25.0 Å². The fraction of sp³-hybridized carbons (Fsp3) is 0.529. The smallest absolute Gasteiger partial charge is 0.250 e. The highest BCUT2D eigenvalue weighted by molar-refractivity contribution is 5.91. The van der Waals surface area contributed by atoms with Gasteiger partial charge in [-0.2, -0.15) is 0 Å². The lowest BCUT2D eigenvalue weighted by Crippen LogP contribution is -2.34. The summed E-state index contributed by atoms with van der Waals surface area (Å²) >= 11 is 0. The van der Waals surface area contributed by atoms with Gasteiger partial charge in [-0.1, -0.05) is 6.92 Å². The highest BCUT2D eigenvalue weighted by Gasteiger charge is 2.06. The third-order valence-electron chi connectivity index (χ3n) is 2.96. The zero-order valence-electron chi connectivity index (χ0n) is 14.6. The summed E-state index contributed by atoms with van der Waals surface area (Å²) in [6.07, 6.45) is 0.943. The van der Waals surface area contributed by atoms with E-state index in [1.807, 2.05) is 25.9 Å². The summed E-state index contributed by atoms with van der Waals surface area (Å²) < 4.78 is 10.6. The molecule has 7 heteroatoms. The molecule has 0 radical (unpaired) electrons. The molecule has 1 rings (SSSR count). The summed E-state index contributed by atoms with van der Waals surface area (Å²) in [4.78, 5) is 25.2. The van der Waals surface area contributed by atoms with Crippen LogP contribution in [0.15, 0.2) is 24.3 Å². The van der Waals surface area contributed by atoms with E-state index in [9.17, 15) is 9.59 Å². The Bertz CT molecular complexity index is 503. The zero-order chi connectivity index (χ0) is 17.8. The van der Waals surface area contributed by atoms with Gasteiger partial charge in [0, 0.05) is 18.8 Å². The van der Waals surface area contributed by atoms with Crippen molar-refractivity contribution in [1.29, 1.82) is 0 Å². The van der Waals surface area contributed by atoms with Gasteiger partial charge in [-0.05, 0) is 44.8 Å². The summed E-state index contributed by atoms with van der Waals surface area (Å²) in [5.74, 6) is 0.223. The molecule has 134 valence electrons. The summed E-state index contributed by atoms with van der Waals surface area (Å²) in [5, 5.41) is 5.41. The SMILES string of the molecule is CCCOc1ccc(NC(=O)COCC(=O)NCCN(C)C)cc1. The summed E-state index contributed by atoms with van der Waals surface area (Å²) in [5.41, 5.74) is 0.655. The van der Waals surface area contributed by atoms with Crippen molar-refractivity contribution in [3.63, 3.8) is 0 Å².